The van der Waals surface area contributed by atoms with Crippen LogP contribution in [0, 0.1) is 5.92 Å². The maximum absolute atomic E-state index is 12.1. The van der Waals surface area contributed by atoms with Crippen molar-refractivity contribution in [2.24, 2.45) is 11.7 Å². The summed E-state index contributed by atoms with van der Waals surface area (Å²) in [6.07, 6.45) is 5.74. The Balaban J connectivity index is 1.92. The summed E-state index contributed by atoms with van der Waals surface area (Å²) in [4.78, 5) is 12.1. The molecule has 3 heteroatoms. The van der Waals surface area contributed by atoms with E-state index < -0.39 is 0 Å². The van der Waals surface area contributed by atoms with Crippen molar-refractivity contribution in [3.8, 4) is 0 Å². The standard InChI is InChI=1S/C16H23NO2/c1-2-12-4-3-5-15(10-12)19-16(18)14-8-6-13(11-17)7-9-14/h6-9,12,15H,2-5,10-11,17H2,1H3. The van der Waals surface area contributed by atoms with Gasteiger partial charge < -0.3 is 10.5 Å². The third-order valence-electron chi connectivity index (χ3n) is 4.01. The topological polar surface area (TPSA) is 52.3 Å². The highest BCUT2D eigenvalue weighted by Gasteiger charge is 2.24. The zero-order chi connectivity index (χ0) is 13.7. The van der Waals surface area contributed by atoms with Crippen LogP contribution in [0.25, 0.3) is 0 Å². The van der Waals surface area contributed by atoms with Gasteiger partial charge in [0.05, 0.1) is 5.56 Å². The molecule has 0 amide bonds. The Hall–Kier alpha value is -1.35. The Morgan fingerprint density at radius 1 is 1.32 bits per heavy atom. The minimum absolute atomic E-state index is 0.0976. The molecule has 1 aliphatic rings. The highest BCUT2D eigenvalue weighted by atomic mass is 16.5. The lowest BCUT2D eigenvalue weighted by Gasteiger charge is -2.28. The second-order valence-electron chi connectivity index (χ2n) is 5.37. The van der Waals surface area contributed by atoms with E-state index in [9.17, 15) is 4.79 Å². The molecule has 0 heterocycles. The molecule has 0 radical (unpaired) electrons. The van der Waals surface area contributed by atoms with Gasteiger partial charge in [-0.3, -0.25) is 0 Å². The Bertz CT molecular complexity index is 413. The summed E-state index contributed by atoms with van der Waals surface area (Å²) < 4.78 is 5.61. The van der Waals surface area contributed by atoms with Crippen molar-refractivity contribution in [3.63, 3.8) is 0 Å². The zero-order valence-corrected chi connectivity index (χ0v) is 11.6. The summed E-state index contributed by atoms with van der Waals surface area (Å²) >= 11 is 0. The van der Waals surface area contributed by atoms with Crippen LogP contribution in [0.2, 0.25) is 0 Å². The van der Waals surface area contributed by atoms with Crippen molar-refractivity contribution in [3.05, 3.63) is 35.4 Å². The maximum Gasteiger partial charge on any atom is 0.338 e. The van der Waals surface area contributed by atoms with Crippen molar-refractivity contribution < 1.29 is 9.53 Å². The molecular weight excluding hydrogens is 238 g/mol. The first kappa shape index (κ1) is 14.1. The highest BCUT2D eigenvalue weighted by molar-refractivity contribution is 5.89. The second-order valence-corrected chi connectivity index (χ2v) is 5.37. The molecule has 3 nitrogen and oxygen atoms in total. The number of carbonyl (C=O) groups is 1. The molecule has 104 valence electrons. The molecule has 0 bridgehead atoms. The summed E-state index contributed by atoms with van der Waals surface area (Å²) in [6, 6.07) is 7.36. The molecule has 0 aromatic heterocycles. The van der Waals surface area contributed by atoms with Gasteiger partial charge in [-0.25, -0.2) is 4.79 Å². The summed E-state index contributed by atoms with van der Waals surface area (Å²) in [6.45, 7) is 2.70. The fraction of sp³-hybridized carbons (Fsp3) is 0.562. The molecule has 1 fully saturated rings. The third kappa shape index (κ3) is 3.80. The van der Waals surface area contributed by atoms with E-state index >= 15 is 0 Å². The van der Waals surface area contributed by atoms with Crippen LogP contribution in [-0.2, 0) is 11.3 Å². The van der Waals surface area contributed by atoms with E-state index in [0.29, 0.717) is 18.0 Å². The van der Waals surface area contributed by atoms with Gasteiger partial charge in [-0.1, -0.05) is 31.9 Å². The summed E-state index contributed by atoms with van der Waals surface area (Å²) in [5.41, 5.74) is 7.19. The molecular formula is C16H23NO2. The SMILES string of the molecule is CCC1CCCC(OC(=O)c2ccc(CN)cc2)C1. The van der Waals surface area contributed by atoms with Crippen LogP contribution in [0.3, 0.4) is 0 Å². The number of esters is 1. The Morgan fingerprint density at radius 3 is 2.68 bits per heavy atom. The van der Waals surface area contributed by atoms with Crippen LogP contribution >= 0.6 is 0 Å². The van der Waals surface area contributed by atoms with Gasteiger partial charge in [0.25, 0.3) is 0 Å². The first-order valence-corrected chi connectivity index (χ1v) is 7.23. The number of hydrogen-bond donors (Lipinski definition) is 1. The van der Waals surface area contributed by atoms with E-state index in [1.54, 1.807) is 12.1 Å². The molecule has 2 unspecified atom stereocenters. The summed E-state index contributed by atoms with van der Waals surface area (Å²) in [7, 11) is 0. The second kappa shape index (κ2) is 6.71. The first-order chi connectivity index (χ1) is 9.22. The predicted molar refractivity (Wildman–Crippen MR) is 75.8 cm³/mol. The van der Waals surface area contributed by atoms with Crippen LogP contribution in [0.15, 0.2) is 24.3 Å². The van der Waals surface area contributed by atoms with Crippen molar-refractivity contribution in [2.45, 2.75) is 51.7 Å². The van der Waals surface area contributed by atoms with Crippen LogP contribution in [-0.4, -0.2) is 12.1 Å². The number of benzene rings is 1. The Morgan fingerprint density at radius 2 is 2.05 bits per heavy atom. The van der Waals surface area contributed by atoms with Crippen molar-refractivity contribution >= 4 is 5.97 Å². The van der Waals surface area contributed by atoms with E-state index in [2.05, 4.69) is 6.92 Å². The molecule has 0 saturated heterocycles. The molecule has 1 aliphatic carbocycles. The highest BCUT2D eigenvalue weighted by Crippen LogP contribution is 2.28. The Labute approximate surface area is 115 Å². The monoisotopic (exact) mass is 261 g/mol. The number of nitrogens with two attached hydrogens (primary N) is 1. The van der Waals surface area contributed by atoms with Crippen LogP contribution in [0.1, 0.15) is 54.9 Å². The smallest absolute Gasteiger partial charge is 0.338 e. The predicted octanol–water partition coefficient (Wildman–Crippen LogP) is 3.27. The van der Waals surface area contributed by atoms with Crippen molar-refractivity contribution in [2.75, 3.05) is 0 Å². The average molecular weight is 261 g/mol. The normalized spacial score (nSPS) is 23.1. The minimum atomic E-state index is -0.203. The van der Waals surface area contributed by atoms with E-state index in [-0.39, 0.29) is 12.1 Å². The zero-order valence-electron chi connectivity index (χ0n) is 11.6. The van der Waals surface area contributed by atoms with Crippen LogP contribution < -0.4 is 5.73 Å². The van der Waals surface area contributed by atoms with Crippen molar-refractivity contribution in [1.82, 2.24) is 0 Å². The molecule has 19 heavy (non-hydrogen) atoms. The maximum atomic E-state index is 12.1. The van der Waals surface area contributed by atoms with Crippen LogP contribution in [0.5, 0.6) is 0 Å². The molecule has 1 aromatic carbocycles. The number of carbonyl (C=O) groups excluding carboxylic acids is 1. The van der Waals surface area contributed by atoms with E-state index in [4.69, 9.17) is 10.5 Å². The van der Waals surface area contributed by atoms with Gasteiger partial charge >= 0.3 is 5.97 Å². The fourth-order valence-electron chi connectivity index (χ4n) is 2.72. The molecule has 0 spiro atoms. The molecule has 2 atom stereocenters. The van der Waals surface area contributed by atoms with E-state index in [0.717, 1.165) is 18.4 Å². The molecule has 0 aliphatic heterocycles. The van der Waals surface area contributed by atoms with E-state index in [1.807, 2.05) is 12.1 Å². The minimum Gasteiger partial charge on any atom is -0.459 e. The quantitative estimate of drug-likeness (QED) is 0.846. The molecule has 2 N–H and O–H groups in total. The molecule has 1 saturated carbocycles. The van der Waals surface area contributed by atoms with E-state index in [1.165, 1.54) is 19.3 Å². The number of rotatable bonds is 4. The lowest BCUT2D eigenvalue weighted by Crippen LogP contribution is -2.25. The third-order valence-corrected chi connectivity index (χ3v) is 4.01. The first-order valence-electron chi connectivity index (χ1n) is 7.23. The largest absolute Gasteiger partial charge is 0.459 e. The van der Waals surface area contributed by atoms with Gasteiger partial charge in [0, 0.05) is 6.54 Å². The van der Waals surface area contributed by atoms with Gasteiger partial charge in [-0.15, -0.1) is 0 Å². The van der Waals surface area contributed by atoms with Gasteiger partial charge in [-0.05, 0) is 42.9 Å². The summed E-state index contributed by atoms with van der Waals surface area (Å²) in [5, 5.41) is 0. The Kier molecular flexibility index (Phi) is 4.97. The number of ether oxygens (including phenoxy) is 1. The number of hydrogen-bond acceptors (Lipinski definition) is 3. The lowest BCUT2D eigenvalue weighted by atomic mass is 9.85. The lowest BCUT2D eigenvalue weighted by molar-refractivity contribution is 0.0140. The summed E-state index contributed by atoms with van der Waals surface area (Å²) in [5.74, 6) is 0.511. The van der Waals surface area contributed by atoms with Gasteiger partial charge in [0.15, 0.2) is 0 Å². The fourth-order valence-corrected chi connectivity index (χ4v) is 2.72. The molecule has 2 rings (SSSR count). The van der Waals surface area contributed by atoms with Crippen LogP contribution in [0.4, 0.5) is 0 Å². The van der Waals surface area contributed by atoms with Gasteiger partial charge in [0.2, 0.25) is 0 Å². The molecule has 1 aromatic rings. The van der Waals surface area contributed by atoms with Crippen molar-refractivity contribution in [1.29, 1.82) is 0 Å². The average Bonchev–Trinajstić information content (AvgIpc) is 2.47. The van der Waals surface area contributed by atoms with Gasteiger partial charge in [-0.2, -0.15) is 0 Å². The van der Waals surface area contributed by atoms with Gasteiger partial charge in [0.1, 0.15) is 6.10 Å².